The largest absolute Gasteiger partial charge is 0.495 e. The second kappa shape index (κ2) is 5.83. The Kier molecular flexibility index (Phi) is 4.36. The van der Waals surface area contributed by atoms with Gasteiger partial charge in [-0.15, -0.1) is 0 Å². The third-order valence-corrected chi connectivity index (χ3v) is 3.65. The van der Waals surface area contributed by atoms with E-state index in [0.29, 0.717) is 31.4 Å². The van der Waals surface area contributed by atoms with Gasteiger partial charge in [-0.2, -0.15) is 0 Å². The first-order valence-corrected chi connectivity index (χ1v) is 6.82. The van der Waals surface area contributed by atoms with Gasteiger partial charge in [-0.1, -0.05) is 11.6 Å². The summed E-state index contributed by atoms with van der Waals surface area (Å²) < 4.78 is 19.1. The van der Waals surface area contributed by atoms with Crippen LogP contribution in [-0.4, -0.2) is 7.11 Å². The zero-order valence-corrected chi connectivity index (χ0v) is 12.9. The normalized spacial score (nSPS) is 10.3. The number of nitrogens with two attached hydrogens (primary N) is 1. The van der Waals surface area contributed by atoms with Crippen LogP contribution in [-0.2, 0) is 0 Å². The number of ether oxygens (including phenoxy) is 1. The molecule has 0 amide bonds. The van der Waals surface area contributed by atoms with Crippen LogP contribution in [0.2, 0.25) is 5.02 Å². The van der Waals surface area contributed by atoms with Crippen LogP contribution in [0.4, 0.5) is 21.5 Å². The summed E-state index contributed by atoms with van der Waals surface area (Å²) in [5.74, 6) is 0.255. The summed E-state index contributed by atoms with van der Waals surface area (Å²) in [5, 5.41) is 3.49. The summed E-state index contributed by atoms with van der Waals surface area (Å²) in [4.78, 5) is 0. The topological polar surface area (TPSA) is 47.3 Å². The summed E-state index contributed by atoms with van der Waals surface area (Å²) >= 11 is 7.91. The van der Waals surface area contributed by atoms with Crippen molar-refractivity contribution in [2.75, 3.05) is 18.2 Å². The molecule has 6 heteroatoms. The van der Waals surface area contributed by atoms with E-state index in [1.165, 1.54) is 6.07 Å². The molecule has 0 aliphatic heterocycles. The molecule has 3 nitrogen and oxygen atoms in total. The Morgan fingerprint density at radius 1 is 1.32 bits per heavy atom. The molecule has 100 valence electrons. The molecule has 0 aromatic heterocycles. The first-order valence-electron chi connectivity index (χ1n) is 5.36. The highest BCUT2D eigenvalue weighted by molar-refractivity contribution is 14.1. The molecule has 0 aliphatic rings. The van der Waals surface area contributed by atoms with Gasteiger partial charge in [-0.05, 0) is 46.9 Å². The average molecular weight is 393 g/mol. The van der Waals surface area contributed by atoms with Gasteiger partial charge in [-0.3, -0.25) is 0 Å². The number of hydrogen-bond donors (Lipinski definition) is 2. The number of halogens is 3. The van der Waals surface area contributed by atoms with Crippen LogP contribution in [0, 0.1) is 9.39 Å². The highest BCUT2D eigenvalue weighted by Gasteiger charge is 2.07. The third kappa shape index (κ3) is 3.22. The van der Waals surface area contributed by atoms with Gasteiger partial charge >= 0.3 is 0 Å². The number of methoxy groups -OCH3 is 1. The van der Waals surface area contributed by atoms with Crippen molar-refractivity contribution in [3.05, 3.63) is 44.7 Å². The molecule has 0 saturated heterocycles. The van der Waals surface area contributed by atoms with Crippen molar-refractivity contribution in [2.24, 2.45) is 0 Å². The minimum absolute atomic E-state index is 0.322. The van der Waals surface area contributed by atoms with E-state index in [4.69, 9.17) is 22.1 Å². The Hall–Kier alpha value is -1.21. The Bertz CT molecular complexity index is 622. The van der Waals surface area contributed by atoms with E-state index in [-0.39, 0.29) is 5.82 Å². The molecule has 0 radical (unpaired) electrons. The number of rotatable bonds is 3. The fraction of sp³-hybridized carbons (Fsp3) is 0.0769. The molecule has 0 atom stereocenters. The summed E-state index contributed by atoms with van der Waals surface area (Å²) in [6.07, 6.45) is 0. The van der Waals surface area contributed by atoms with E-state index >= 15 is 0 Å². The second-order valence-corrected chi connectivity index (χ2v) is 5.40. The fourth-order valence-corrected chi connectivity index (χ4v) is 2.32. The van der Waals surface area contributed by atoms with E-state index in [2.05, 4.69) is 5.32 Å². The van der Waals surface area contributed by atoms with E-state index in [1.54, 1.807) is 31.4 Å². The third-order valence-electron chi connectivity index (χ3n) is 2.52. The minimum Gasteiger partial charge on any atom is -0.495 e. The molecule has 0 heterocycles. The van der Waals surface area contributed by atoms with Crippen LogP contribution in [0.1, 0.15) is 0 Å². The van der Waals surface area contributed by atoms with Crippen molar-refractivity contribution in [1.29, 1.82) is 0 Å². The van der Waals surface area contributed by atoms with Crippen LogP contribution in [0.3, 0.4) is 0 Å². The Labute approximate surface area is 129 Å². The standard InChI is InChI=1S/C13H11ClFIN2O/c1-19-13-3-2-7(4-8(13)14)18-12-5-9(15)10(16)6-11(12)17/h2-6,18H,17H2,1H3. The van der Waals surface area contributed by atoms with E-state index in [0.717, 1.165) is 0 Å². The highest BCUT2D eigenvalue weighted by atomic mass is 127. The lowest BCUT2D eigenvalue weighted by Gasteiger charge is -2.11. The number of nitrogens with one attached hydrogen (secondary N) is 1. The fourth-order valence-electron chi connectivity index (χ4n) is 1.57. The molecule has 0 unspecified atom stereocenters. The minimum atomic E-state index is -0.322. The van der Waals surface area contributed by atoms with Gasteiger partial charge in [0.2, 0.25) is 0 Å². The molecule has 0 fully saturated rings. The molecule has 2 rings (SSSR count). The average Bonchev–Trinajstić information content (AvgIpc) is 2.36. The summed E-state index contributed by atoms with van der Waals surface area (Å²) in [7, 11) is 1.54. The van der Waals surface area contributed by atoms with E-state index in [1.807, 2.05) is 22.6 Å². The predicted octanol–water partition coefficient (Wildman–Crippen LogP) is 4.42. The maximum absolute atomic E-state index is 13.5. The zero-order chi connectivity index (χ0) is 14.0. The highest BCUT2D eigenvalue weighted by Crippen LogP contribution is 2.31. The number of hydrogen-bond acceptors (Lipinski definition) is 3. The van der Waals surface area contributed by atoms with Crippen LogP contribution < -0.4 is 15.8 Å². The van der Waals surface area contributed by atoms with Crippen molar-refractivity contribution >= 4 is 51.3 Å². The SMILES string of the molecule is COc1ccc(Nc2cc(F)c(I)cc2N)cc1Cl. The van der Waals surface area contributed by atoms with Gasteiger partial charge < -0.3 is 15.8 Å². The quantitative estimate of drug-likeness (QED) is 0.600. The number of anilines is 3. The molecule has 0 bridgehead atoms. The summed E-state index contributed by atoms with van der Waals surface area (Å²) in [6.45, 7) is 0. The molecule has 0 aliphatic carbocycles. The Morgan fingerprint density at radius 3 is 2.68 bits per heavy atom. The van der Waals surface area contributed by atoms with Gasteiger partial charge in [0.1, 0.15) is 11.6 Å². The number of nitrogen functional groups attached to an aromatic ring is 1. The smallest absolute Gasteiger partial charge is 0.138 e. The molecular weight excluding hydrogens is 382 g/mol. The van der Waals surface area contributed by atoms with Gasteiger partial charge in [0.15, 0.2) is 0 Å². The van der Waals surface area contributed by atoms with Crippen LogP contribution in [0.5, 0.6) is 5.75 Å². The predicted molar refractivity (Wildman–Crippen MR) is 84.8 cm³/mol. The molecule has 0 saturated carbocycles. The maximum atomic E-state index is 13.5. The van der Waals surface area contributed by atoms with Crippen molar-refractivity contribution in [3.8, 4) is 5.75 Å². The van der Waals surface area contributed by atoms with Crippen molar-refractivity contribution in [3.63, 3.8) is 0 Å². The van der Waals surface area contributed by atoms with Gasteiger partial charge in [-0.25, -0.2) is 4.39 Å². The lowest BCUT2D eigenvalue weighted by atomic mass is 10.2. The molecular formula is C13H11ClFIN2O. The molecule has 2 aromatic carbocycles. The maximum Gasteiger partial charge on any atom is 0.138 e. The van der Waals surface area contributed by atoms with Crippen molar-refractivity contribution < 1.29 is 9.13 Å². The summed E-state index contributed by atoms with van der Waals surface area (Å²) in [5.41, 5.74) is 7.52. The monoisotopic (exact) mass is 392 g/mol. The molecule has 3 N–H and O–H groups in total. The molecule has 0 spiro atoms. The van der Waals surface area contributed by atoms with Crippen LogP contribution in [0.15, 0.2) is 30.3 Å². The Morgan fingerprint density at radius 2 is 2.05 bits per heavy atom. The van der Waals surface area contributed by atoms with Crippen LogP contribution in [0.25, 0.3) is 0 Å². The first kappa shape index (κ1) is 14.2. The van der Waals surface area contributed by atoms with Gasteiger partial charge in [0.25, 0.3) is 0 Å². The lowest BCUT2D eigenvalue weighted by Crippen LogP contribution is -1.99. The van der Waals surface area contributed by atoms with Crippen molar-refractivity contribution in [1.82, 2.24) is 0 Å². The lowest BCUT2D eigenvalue weighted by molar-refractivity contribution is 0.415. The Balaban J connectivity index is 2.31. The summed E-state index contributed by atoms with van der Waals surface area (Å²) in [6, 6.07) is 8.12. The first-order chi connectivity index (χ1) is 9.01. The molecule has 19 heavy (non-hydrogen) atoms. The molecule has 2 aromatic rings. The van der Waals surface area contributed by atoms with Gasteiger partial charge in [0, 0.05) is 11.8 Å². The second-order valence-electron chi connectivity index (χ2n) is 3.83. The van der Waals surface area contributed by atoms with E-state index in [9.17, 15) is 4.39 Å². The van der Waals surface area contributed by atoms with Crippen LogP contribution >= 0.6 is 34.2 Å². The van der Waals surface area contributed by atoms with Crippen molar-refractivity contribution in [2.45, 2.75) is 0 Å². The van der Waals surface area contributed by atoms with Gasteiger partial charge in [0.05, 0.1) is 27.1 Å². The van der Waals surface area contributed by atoms with E-state index < -0.39 is 0 Å². The zero-order valence-electron chi connectivity index (χ0n) is 10.0. The number of benzene rings is 2.